The lowest BCUT2D eigenvalue weighted by molar-refractivity contribution is 0.376. The van der Waals surface area contributed by atoms with E-state index in [1.165, 1.54) is 12.8 Å². The summed E-state index contributed by atoms with van der Waals surface area (Å²) in [6.45, 7) is 3.04. The summed E-state index contributed by atoms with van der Waals surface area (Å²) in [6, 6.07) is 0.423. The highest BCUT2D eigenvalue weighted by Gasteiger charge is 2.33. The number of sulfone groups is 1. The zero-order valence-electron chi connectivity index (χ0n) is 11.5. The van der Waals surface area contributed by atoms with Crippen molar-refractivity contribution in [2.45, 2.75) is 69.6 Å². The first-order valence-electron chi connectivity index (χ1n) is 7.56. The first kappa shape index (κ1) is 14.3. The van der Waals surface area contributed by atoms with Gasteiger partial charge in [-0.1, -0.05) is 26.2 Å². The summed E-state index contributed by atoms with van der Waals surface area (Å²) in [5.41, 5.74) is 0. The minimum Gasteiger partial charge on any atom is -0.314 e. The average molecular weight is 273 g/mol. The molecule has 2 saturated carbocycles. The van der Waals surface area contributed by atoms with E-state index in [-0.39, 0.29) is 5.25 Å². The lowest BCUT2D eigenvalue weighted by Crippen LogP contribution is -2.40. The highest BCUT2D eigenvalue weighted by atomic mass is 32.2. The molecular formula is C14H27NO2S. The van der Waals surface area contributed by atoms with Crippen molar-refractivity contribution in [2.24, 2.45) is 5.92 Å². The maximum absolute atomic E-state index is 12.5. The Hall–Kier alpha value is -0.0900. The summed E-state index contributed by atoms with van der Waals surface area (Å²) in [6.07, 6.45) is 8.64. The van der Waals surface area contributed by atoms with Crippen LogP contribution < -0.4 is 5.32 Å². The SMILES string of the molecule is CCNC1CCCC(S(=O)(=O)CC2CCCC2)C1. The Morgan fingerprint density at radius 1 is 1.06 bits per heavy atom. The monoisotopic (exact) mass is 273 g/mol. The van der Waals surface area contributed by atoms with Gasteiger partial charge in [0.05, 0.1) is 11.0 Å². The molecule has 3 nitrogen and oxygen atoms in total. The van der Waals surface area contributed by atoms with Gasteiger partial charge in [-0.2, -0.15) is 0 Å². The van der Waals surface area contributed by atoms with Crippen LogP contribution in [-0.2, 0) is 9.84 Å². The summed E-state index contributed by atoms with van der Waals surface area (Å²) in [5, 5.41) is 3.34. The van der Waals surface area contributed by atoms with Crippen LogP contribution in [-0.4, -0.2) is 32.0 Å². The quantitative estimate of drug-likeness (QED) is 0.837. The van der Waals surface area contributed by atoms with Crippen molar-refractivity contribution in [3.63, 3.8) is 0 Å². The van der Waals surface area contributed by atoms with E-state index in [1.807, 2.05) is 0 Å². The molecule has 0 amide bonds. The third-order valence-corrected chi connectivity index (χ3v) is 6.95. The molecule has 18 heavy (non-hydrogen) atoms. The van der Waals surface area contributed by atoms with Crippen LogP contribution in [0, 0.1) is 5.92 Å². The van der Waals surface area contributed by atoms with Crippen LogP contribution in [0.1, 0.15) is 58.3 Å². The van der Waals surface area contributed by atoms with Gasteiger partial charge in [-0.3, -0.25) is 0 Å². The van der Waals surface area contributed by atoms with Crippen molar-refractivity contribution in [2.75, 3.05) is 12.3 Å². The molecule has 2 atom stereocenters. The van der Waals surface area contributed by atoms with Gasteiger partial charge >= 0.3 is 0 Å². The molecule has 1 N–H and O–H groups in total. The third-order valence-electron chi connectivity index (χ3n) is 4.57. The smallest absolute Gasteiger partial charge is 0.153 e. The first-order chi connectivity index (χ1) is 8.62. The van der Waals surface area contributed by atoms with Crippen molar-refractivity contribution < 1.29 is 8.42 Å². The van der Waals surface area contributed by atoms with Crippen molar-refractivity contribution in [3.05, 3.63) is 0 Å². The Morgan fingerprint density at radius 2 is 1.78 bits per heavy atom. The first-order valence-corrected chi connectivity index (χ1v) is 9.28. The lowest BCUT2D eigenvalue weighted by Gasteiger charge is -2.30. The van der Waals surface area contributed by atoms with Gasteiger partial charge in [-0.25, -0.2) is 8.42 Å². The lowest BCUT2D eigenvalue weighted by atomic mass is 9.95. The normalized spacial score (nSPS) is 30.7. The van der Waals surface area contributed by atoms with E-state index < -0.39 is 9.84 Å². The van der Waals surface area contributed by atoms with E-state index in [0.717, 1.165) is 45.1 Å². The molecule has 2 unspecified atom stereocenters. The van der Waals surface area contributed by atoms with E-state index in [9.17, 15) is 8.42 Å². The van der Waals surface area contributed by atoms with Crippen LogP contribution in [0.2, 0.25) is 0 Å². The Bertz CT molecular complexity index is 345. The molecule has 0 radical (unpaired) electrons. The third kappa shape index (κ3) is 3.70. The molecule has 0 aromatic rings. The fourth-order valence-corrected chi connectivity index (χ4v) is 5.90. The van der Waals surface area contributed by atoms with E-state index in [0.29, 0.717) is 17.7 Å². The topological polar surface area (TPSA) is 46.2 Å². The number of nitrogens with one attached hydrogen (secondary N) is 1. The maximum atomic E-state index is 12.5. The Morgan fingerprint density at radius 3 is 2.44 bits per heavy atom. The molecule has 2 fully saturated rings. The highest BCUT2D eigenvalue weighted by molar-refractivity contribution is 7.92. The Labute approximate surface area is 112 Å². The molecule has 0 aromatic heterocycles. The summed E-state index contributed by atoms with van der Waals surface area (Å²) in [4.78, 5) is 0. The average Bonchev–Trinajstić information content (AvgIpc) is 2.82. The molecule has 2 rings (SSSR count). The molecule has 2 aliphatic carbocycles. The molecule has 4 heteroatoms. The zero-order chi connectivity index (χ0) is 13.0. The van der Waals surface area contributed by atoms with Gasteiger partial charge in [-0.15, -0.1) is 0 Å². The zero-order valence-corrected chi connectivity index (χ0v) is 12.3. The van der Waals surface area contributed by atoms with Crippen LogP contribution in [0.4, 0.5) is 0 Å². The van der Waals surface area contributed by atoms with Crippen LogP contribution in [0.25, 0.3) is 0 Å². The van der Waals surface area contributed by atoms with E-state index >= 15 is 0 Å². The predicted molar refractivity (Wildman–Crippen MR) is 75.5 cm³/mol. The van der Waals surface area contributed by atoms with Crippen LogP contribution in [0.3, 0.4) is 0 Å². The second-order valence-electron chi connectivity index (χ2n) is 6.02. The van der Waals surface area contributed by atoms with E-state index in [2.05, 4.69) is 12.2 Å². The van der Waals surface area contributed by atoms with Crippen LogP contribution in [0.5, 0.6) is 0 Å². The van der Waals surface area contributed by atoms with Gasteiger partial charge in [0.15, 0.2) is 9.84 Å². The van der Waals surface area contributed by atoms with Gasteiger partial charge in [-0.05, 0) is 44.6 Å². The van der Waals surface area contributed by atoms with Crippen LogP contribution in [0.15, 0.2) is 0 Å². The fraction of sp³-hybridized carbons (Fsp3) is 1.00. The molecule has 0 aromatic carbocycles. The van der Waals surface area contributed by atoms with Crippen LogP contribution >= 0.6 is 0 Å². The molecule has 0 aliphatic heterocycles. The van der Waals surface area contributed by atoms with Gasteiger partial charge < -0.3 is 5.32 Å². The largest absolute Gasteiger partial charge is 0.314 e. The molecule has 0 saturated heterocycles. The van der Waals surface area contributed by atoms with E-state index in [4.69, 9.17) is 0 Å². The van der Waals surface area contributed by atoms with Gasteiger partial charge in [0.25, 0.3) is 0 Å². The van der Waals surface area contributed by atoms with Crippen molar-refractivity contribution >= 4 is 9.84 Å². The predicted octanol–water partition coefficient (Wildman–Crippen LogP) is 2.51. The number of hydrogen-bond acceptors (Lipinski definition) is 3. The fourth-order valence-electron chi connectivity index (χ4n) is 3.59. The second kappa shape index (κ2) is 6.38. The van der Waals surface area contributed by atoms with E-state index in [1.54, 1.807) is 0 Å². The van der Waals surface area contributed by atoms with Crippen molar-refractivity contribution in [1.82, 2.24) is 5.32 Å². The summed E-state index contributed by atoms with van der Waals surface area (Å²) < 4.78 is 24.9. The minimum atomic E-state index is -2.86. The molecule has 2 aliphatic rings. The van der Waals surface area contributed by atoms with Crippen molar-refractivity contribution in [1.29, 1.82) is 0 Å². The number of rotatable bonds is 5. The Kier molecular flexibility index (Phi) is 5.07. The molecule has 106 valence electrons. The molecular weight excluding hydrogens is 246 g/mol. The summed E-state index contributed by atoms with van der Waals surface area (Å²) >= 11 is 0. The maximum Gasteiger partial charge on any atom is 0.153 e. The number of hydrogen-bond donors (Lipinski definition) is 1. The molecule has 0 spiro atoms. The van der Waals surface area contributed by atoms with Gasteiger partial charge in [0.1, 0.15) is 0 Å². The molecule has 0 heterocycles. The second-order valence-corrected chi connectivity index (χ2v) is 8.35. The molecule has 0 bridgehead atoms. The van der Waals surface area contributed by atoms with Crippen molar-refractivity contribution in [3.8, 4) is 0 Å². The van der Waals surface area contributed by atoms with Gasteiger partial charge in [0, 0.05) is 6.04 Å². The summed E-state index contributed by atoms with van der Waals surface area (Å²) in [5.74, 6) is 0.908. The summed E-state index contributed by atoms with van der Waals surface area (Å²) in [7, 11) is -2.86. The highest BCUT2D eigenvalue weighted by Crippen LogP contribution is 2.30. The minimum absolute atomic E-state index is 0.0732. The van der Waals surface area contributed by atoms with Gasteiger partial charge in [0.2, 0.25) is 0 Å². The Balaban J connectivity index is 1.91. The standard InChI is InChI=1S/C14H27NO2S/c1-2-15-13-8-5-9-14(10-13)18(16,17)11-12-6-3-4-7-12/h12-15H,2-11H2,1H3.